The summed E-state index contributed by atoms with van der Waals surface area (Å²) < 4.78 is 5.11. The monoisotopic (exact) mass is 207 g/mol. The van der Waals surface area contributed by atoms with Crippen LogP contribution in [-0.4, -0.2) is 24.5 Å². The van der Waals surface area contributed by atoms with Crippen LogP contribution in [0.1, 0.15) is 10.4 Å². The number of phenols is 1. The molecule has 0 aliphatic heterocycles. The minimum Gasteiger partial charge on any atom is -0.504 e. The Labute approximate surface area is 85.7 Å². The fourth-order valence-corrected chi connectivity index (χ4v) is 0.971. The van der Waals surface area contributed by atoms with Gasteiger partial charge in [0.05, 0.1) is 13.2 Å². The normalized spacial score (nSPS) is 9.07. The maximum Gasteiger partial charge on any atom is 0.160 e. The van der Waals surface area contributed by atoms with Gasteiger partial charge in [-0.15, -0.1) is 0 Å². The SMILES string of the molecule is [N-]=[N+]=NCCOc1ccc(C=O)cc1O. The van der Waals surface area contributed by atoms with Gasteiger partial charge >= 0.3 is 0 Å². The van der Waals surface area contributed by atoms with Gasteiger partial charge in [-0.3, -0.25) is 4.79 Å². The number of nitrogens with zero attached hydrogens (tertiary/aromatic N) is 3. The van der Waals surface area contributed by atoms with Crippen LogP contribution < -0.4 is 4.74 Å². The first kappa shape index (κ1) is 10.9. The molecule has 0 radical (unpaired) electrons. The smallest absolute Gasteiger partial charge is 0.160 e. The van der Waals surface area contributed by atoms with E-state index in [2.05, 4.69) is 10.0 Å². The summed E-state index contributed by atoms with van der Waals surface area (Å²) in [6.45, 7) is 0.365. The molecule has 0 unspecified atom stereocenters. The van der Waals surface area contributed by atoms with Gasteiger partial charge in [0, 0.05) is 10.5 Å². The summed E-state index contributed by atoms with van der Waals surface area (Å²) in [5.74, 6) is 0.147. The lowest BCUT2D eigenvalue weighted by Crippen LogP contribution is -2.00. The molecule has 0 aliphatic carbocycles. The molecule has 0 aliphatic rings. The molecule has 78 valence electrons. The van der Waals surface area contributed by atoms with Crippen LogP contribution in [0.5, 0.6) is 11.5 Å². The highest BCUT2D eigenvalue weighted by molar-refractivity contribution is 5.76. The molecule has 0 aromatic heterocycles. The number of azide groups is 1. The first-order valence-electron chi connectivity index (χ1n) is 4.20. The Morgan fingerprint density at radius 1 is 1.60 bits per heavy atom. The summed E-state index contributed by atoms with van der Waals surface area (Å²) in [4.78, 5) is 12.9. The number of hydrogen-bond donors (Lipinski definition) is 1. The van der Waals surface area contributed by atoms with E-state index in [1.807, 2.05) is 0 Å². The fourth-order valence-electron chi connectivity index (χ4n) is 0.971. The lowest BCUT2D eigenvalue weighted by atomic mass is 10.2. The van der Waals surface area contributed by atoms with Gasteiger partial charge in [-0.25, -0.2) is 0 Å². The molecule has 1 aromatic carbocycles. The zero-order valence-electron chi connectivity index (χ0n) is 7.83. The third-order valence-electron chi connectivity index (χ3n) is 1.63. The number of ether oxygens (including phenoxy) is 1. The number of carbonyl (C=O) groups is 1. The van der Waals surface area contributed by atoms with E-state index in [1.54, 1.807) is 0 Å². The van der Waals surface area contributed by atoms with Crippen LogP contribution in [0.15, 0.2) is 23.3 Å². The number of benzene rings is 1. The number of rotatable bonds is 5. The van der Waals surface area contributed by atoms with Crippen LogP contribution in [0.3, 0.4) is 0 Å². The van der Waals surface area contributed by atoms with Crippen LogP contribution in [0.25, 0.3) is 10.4 Å². The van der Waals surface area contributed by atoms with Crippen molar-refractivity contribution in [2.24, 2.45) is 5.11 Å². The Morgan fingerprint density at radius 3 is 3.00 bits per heavy atom. The molecule has 0 saturated carbocycles. The molecule has 0 spiro atoms. The molecule has 0 amide bonds. The maximum absolute atomic E-state index is 10.4. The number of hydrogen-bond acceptors (Lipinski definition) is 4. The molecule has 6 heteroatoms. The minimum atomic E-state index is -0.111. The third-order valence-corrected chi connectivity index (χ3v) is 1.63. The first-order chi connectivity index (χ1) is 7.27. The van der Waals surface area contributed by atoms with Crippen molar-refractivity contribution in [2.75, 3.05) is 13.2 Å². The molecule has 0 atom stereocenters. The zero-order valence-corrected chi connectivity index (χ0v) is 7.83. The van der Waals surface area contributed by atoms with Crippen LogP contribution in [-0.2, 0) is 0 Å². The van der Waals surface area contributed by atoms with Gasteiger partial charge < -0.3 is 9.84 Å². The van der Waals surface area contributed by atoms with E-state index in [4.69, 9.17) is 10.3 Å². The lowest BCUT2D eigenvalue weighted by Gasteiger charge is -2.06. The topological polar surface area (TPSA) is 95.3 Å². The van der Waals surface area contributed by atoms with E-state index in [0.29, 0.717) is 11.8 Å². The van der Waals surface area contributed by atoms with E-state index in [0.717, 1.165) is 0 Å². The Morgan fingerprint density at radius 2 is 2.40 bits per heavy atom. The predicted octanol–water partition coefficient (Wildman–Crippen LogP) is 1.89. The first-order valence-corrected chi connectivity index (χ1v) is 4.20. The van der Waals surface area contributed by atoms with E-state index in [-0.39, 0.29) is 24.7 Å². The molecule has 15 heavy (non-hydrogen) atoms. The average molecular weight is 207 g/mol. The van der Waals surface area contributed by atoms with E-state index < -0.39 is 0 Å². The summed E-state index contributed by atoms with van der Waals surface area (Å²) in [5, 5.41) is 12.7. The van der Waals surface area contributed by atoms with Crippen molar-refractivity contribution in [3.8, 4) is 11.5 Å². The standard InChI is InChI=1S/C9H9N3O3/c10-12-11-3-4-15-9-2-1-7(6-13)5-8(9)14/h1-2,5-6,14H,3-4H2. The highest BCUT2D eigenvalue weighted by atomic mass is 16.5. The third kappa shape index (κ3) is 3.21. The molecule has 0 fully saturated rings. The van der Waals surface area contributed by atoms with Gasteiger partial charge in [0.15, 0.2) is 11.5 Å². The van der Waals surface area contributed by atoms with Gasteiger partial charge in [0.25, 0.3) is 0 Å². The van der Waals surface area contributed by atoms with Gasteiger partial charge in [-0.05, 0) is 23.7 Å². The Balaban J connectivity index is 2.61. The molecule has 1 aromatic rings. The second-order valence-electron chi connectivity index (χ2n) is 2.65. The van der Waals surface area contributed by atoms with Crippen molar-refractivity contribution in [3.63, 3.8) is 0 Å². The van der Waals surface area contributed by atoms with Gasteiger partial charge in [-0.2, -0.15) is 0 Å². The molecule has 0 heterocycles. The van der Waals surface area contributed by atoms with Crippen molar-refractivity contribution < 1.29 is 14.6 Å². The van der Waals surface area contributed by atoms with E-state index in [9.17, 15) is 9.90 Å². The quantitative estimate of drug-likeness (QED) is 0.262. The van der Waals surface area contributed by atoms with Crippen molar-refractivity contribution in [2.45, 2.75) is 0 Å². The highest BCUT2D eigenvalue weighted by Gasteiger charge is 2.02. The fraction of sp³-hybridized carbons (Fsp3) is 0.222. The van der Waals surface area contributed by atoms with Crippen molar-refractivity contribution in [1.29, 1.82) is 0 Å². The van der Waals surface area contributed by atoms with Gasteiger partial charge in [-0.1, -0.05) is 5.11 Å². The molecular formula is C9H9N3O3. The molecule has 0 saturated heterocycles. The largest absolute Gasteiger partial charge is 0.504 e. The summed E-state index contributed by atoms with van der Waals surface area (Å²) in [6, 6.07) is 4.31. The predicted molar refractivity (Wildman–Crippen MR) is 53.0 cm³/mol. The summed E-state index contributed by atoms with van der Waals surface area (Å²) in [5.41, 5.74) is 8.37. The maximum atomic E-state index is 10.4. The van der Waals surface area contributed by atoms with Crippen LogP contribution in [0.2, 0.25) is 0 Å². The second-order valence-corrected chi connectivity index (χ2v) is 2.65. The molecule has 0 bridgehead atoms. The van der Waals surface area contributed by atoms with Crippen LogP contribution >= 0.6 is 0 Å². The zero-order chi connectivity index (χ0) is 11.1. The summed E-state index contributed by atoms with van der Waals surface area (Å²) in [6.07, 6.45) is 0.628. The minimum absolute atomic E-state index is 0.111. The number of phenolic OH excluding ortho intramolecular Hbond substituents is 1. The number of carbonyl (C=O) groups excluding carboxylic acids is 1. The number of aldehydes is 1. The summed E-state index contributed by atoms with van der Waals surface area (Å²) >= 11 is 0. The van der Waals surface area contributed by atoms with E-state index >= 15 is 0 Å². The molecule has 6 nitrogen and oxygen atoms in total. The van der Waals surface area contributed by atoms with Crippen molar-refractivity contribution in [1.82, 2.24) is 0 Å². The van der Waals surface area contributed by atoms with Crippen LogP contribution in [0, 0.1) is 0 Å². The van der Waals surface area contributed by atoms with Gasteiger partial charge in [0.1, 0.15) is 6.29 Å². The Hall–Kier alpha value is -2.20. The van der Waals surface area contributed by atoms with Gasteiger partial charge in [0.2, 0.25) is 0 Å². The average Bonchev–Trinajstić information content (AvgIpc) is 2.26. The Kier molecular flexibility index (Phi) is 4.00. The molecular weight excluding hydrogens is 198 g/mol. The lowest BCUT2D eigenvalue weighted by molar-refractivity contribution is 0.112. The van der Waals surface area contributed by atoms with Crippen molar-refractivity contribution >= 4 is 6.29 Å². The molecule has 1 rings (SSSR count). The van der Waals surface area contributed by atoms with E-state index in [1.165, 1.54) is 18.2 Å². The molecule has 1 N–H and O–H groups in total. The number of aromatic hydroxyl groups is 1. The van der Waals surface area contributed by atoms with Crippen molar-refractivity contribution in [3.05, 3.63) is 34.2 Å². The van der Waals surface area contributed by atoms with Crippen LogP contribution in [0.4, 0.5) is 0 Å². The Bertz CT molecular complexity index is 400. The second kappa shape index (κ2) is 5.51. The summed E-state index contributed by atoms with van der Waals surface area (Å²) in [7, 11) is 0. The highest BCUT2D eigenvalue weighted by Crippen LogP contribution is 2.25.